The van der Waals surface area contributed by atoms with Gasteiger partial charge in [0.1, 0.15) is 5.75 Å². The zero-order valence-corrected chi connectivity index (χ0v) is 16.8. The van der Waals surface area contributed by atoms with Gasteiger partial charge in [-0.05, 0) is 43.2 Å². The van der Waals surface area contributed by atoms with Gasteiger partial charge in [-0.3, -0.25) is 14.4 Å². The van der Waals surface area contributed by atoms with Crippen molar-refractivity contribution in [1.29, 1.82) is 0 Å². The molecular formula is C22H27N3O4. The Labute approximate surface area is 170 Å². The maximum absolute atomic E-state index is 12.3. The summed E-state index contributed by atoms with van der Waals surface area (Å²) in [6, 6.07) is 14.1. The van der Waals surface area contributed by atoms with E-state index in [0.29, 0.717) is 30.9 Å². The molecule has 2 rings (SSSR count). The summed E-state index contributed by atoms with van der Waals surface area (Å²) in [7, 11) is 0. The summed E-state index contributed by atoms with van der Waals surface area (Å²) >= 11 is 0. The van der Waals surface area contributed by atoms with Crippen molar-refractivity contribution in [1.82, 2.24) is 10.6 Å². The number of anilines is 1. The van der Waals surface area contributed by atoms with Crippen molar-refractivity contribution in [2.45, 2.75) is 33.2 Å². The van der Waals surface area contributed by atoms with Gasteiger partial charge < -0.3 is 20.7 Å². The molecule has 0 saturated heterocycles. The number of nitrogens with one attached hydrogen (secondary N) is 3. The van der Waals surface area contributed by atoms with E-state index in [-0.39, 0.29) is 24.3 Å². The molecule has 0 aromatic heterocycles. The highest BCUT2D eigenvalue weighted by Gasteiger charge is 2.13. The fourth-order valence-electron chi connectivity index (χ4n) is 2.61. The Kier molecular flexibility index (Phi) is 8.69. The molecule has 3 amide bonds. The molecule has 0 saturated carbocycles. The second-order valence-electron chi connectivity index (χ2n) is 6.38. The lowest BCUT2D eigenvalue weighted by molar-refractivity contribution is -0.120. The smallest absolute Gasteiger partial charge is 0.255 e. The molecule has 29 heavy (non-hydrogen) atoms. The molecule has 0 aliphatic rings. The summed E-state index contributed by atoms with van der Waals surface area (Å²) in [5, 5.41) is 8.16. The van der Waals surface area contributed by atoms with Crippen LogP contribution < -0.4 is 20.7 Å². The topological polar surface area (TPSA) is 96.5 Å². The van der Waals surface area contributed by atoms with Gasteiger partial charge >= 0.3 is 0 Å². The Bertz CT molecular complexity index is 834. The van der Waals surface area contributed by atoms with E-state index in [2.05, 4.69) is 16.0 Å². The quantitative estimate of drug-likeness (QED) is 0.574. The minimum Gasteiger partial charge on any atom is -0.493 e. The van der Waals surface area contributed by atoms with Gasteiger partial charge in [0, 0.05) is 18.7 Å². The first-order valence-corrected chi connectivity index (χ1v) is 9.69. The average molecular weight is 397 g/mol. The van der Waals surface area contributed by atoms with E-state index in [1.54, 1.807) is 36.4 Å². The monoisotopic (exact) mass is 397 g/mol. The summed E-state index contributed by atoms with van der Waals surface area (Å²) in [5.74, 6) is -0.196. The van der Waals surface area contributed by atoms with Crippen molar-refractivity contribution in [2.75, 3.05) is 18.5 Å². The Morgan fingerprint density at radius 3 is 2.31 bits per heavy atom. The zero-order chi connectivity index (χ0) is 21.1. The molecule has 154 valence electrons. The lowest BCUT2D eigenvalue weighted by Gasteiger charge is -2.11. The number of para-hydroxylation sites is 1. The van der Waals surface area contributed by atoms with E-state index in [0.717, 1.165) is 17.7 Å². The van der Waals surface area contributed by atoms with Gasteiger partial charge in [-0.15, -0.1) is 0 Å². The Morgan fingerprint density at radius 2 is 1.62 bits per heavy atom. The number of amides is 3. The van der Waals surface area contributed by atoms with E-state index in [9.17, 15) is 14.4 Å². The lowest BCUT2D eigenvalue weighted by atomic mass is 10.2. The maximum Gasteiger partial charge on any atom is 0.255 e. The fraction of sp³-hybridized carbons (Fsp3) is 0.318. The van der Waals surface area contributed by atoms with Gasteiger partial charge in [0.2, 0.25) is 11.8 Å². The van der Waals surface area contributed by atoms with Gasteiger partial charge in [-0.2, -0.15) is 0 Å². The molecule has 2 aromatic carbocycles. The SMILES string of the molecule is CCCC(=O)Nc1ccc(CNC(=O)CNC(=O)c2ccccc2OCC)cc1. The number of ether oxygens (including phenoxy) is 1. The summed E-state index contributed by atoms with van der Waals surface area (Å²) < 4.78 is 5.43. The zero-order valence-electron chi connectivity index (χ0n) is 16.8. The van der Waals surface area contributed by atoms with Crippen LogP contribution in [0.15, 0.2) is 48.5 Å². The first-order valence-electron chi connectivity index (χ1n) is 9.69. The predicted molar refractivity (Wildman–Crippen MR) is 112 cm³/mol. The summed E-state index contributed by atoms with van der Waals surface area (Å²) in [5.41, 5.74) is 2.00. The van der Waals surface area contributed by atoms with Crippen LogP contribution in [0.2, 0.25) is 0 Å². The number of rotatable bonds is 10. The second-order valence-corrected chi connectivity index (χ2v) is 6.38. The molecule has 7 heteroatoms. The number of hydrogen-bond donors (Lipinski definition) is 3. The van der Waals surface area contributed by atoms with E-state index in [1.807, 2.05) is 26.0 Å². The highest BCUT2D eigenvalue weighted by molar-refractivity contribution is 5.98. The van der Waals surface area contributed by atoms with Crippen LogP contribution in [-0.4, -0.2) is 30.9 Å². The summed E-state index contributed by atoms with van der Waals surface area (Å²) in [6.07, 6.45) is 1.28. The maximum atomic E-state index is 12.3. The third kappa shape index (κ3) is 7.29. The Morgan fingerprint density at radius 1 is 0.897 bits per heavy atom. The largest absolute Gasteiger partial charge is 0.493 e. The van der Waals surface area contributed by atoms with Gasteiger partial charge in [-0.1, -0.05) is 31.2 Å². The van der Waals surface area contributed by atoms with Gasteiger partial charge in [-0.25, -0.2) is 0 Å². The van der Waals surface area contributed by atoms with Crippen LogP contribution in [0.1, 0.15) is 42.6 Å². The first-order chi connectivity index (χ1) is 14.0. The Hall–Kier alpha value is -3.35. The molecule has 0 spiro atoms. The van der Waals surface area contributed by atoms with Crippen LogP contribution >= 0.6 is 0 Å². The van der Waals surface area contributed by atoms with Gasteiger partial charge in [0.25, 0.3) is 5.91 Å². The van der Waals surface area contributed by atoms with Crippen molar-refractivity contribution in [2.24, 2.45) is 0 Å². The molecule has 3 N–H and O–H groups in total. The third-order valence-electron chi connectivity index (χ3n) is 4.05. The molecule has 2 aromatic rings. The average Bonchev–Trinajstić information content (AvgIpc) is 2.72. The van der Waals surface area contributed by atoms with Gasteiger partial charge in [0.15, 0.2) is 0 Å². The summed E-state index contributed by atoms with van der Waals surface area (Å²) in [4.78, 5) is 35.9. The highest BCUT2D eigenvalue weighted by Crippen LogP contribution is 2.17. The molecule has 0 heterocycles. The first kappa shape index (κ1) is 21.9. The lowest BCUT2D eigenvalue weighted by Crippen LogP contribution is -2.36. The van der Waals surface area contributed by atoms with Crippen LogP contribution in [-0.2, 0) is 16.1 Å². The second kappa shape index (κ2) is 11.5. The van der Waals surface area contributed by atoms with Crippen molar-refractivity contribution in [3.05, 3.63) is 59.7 Å². The number of carbonyl (C=O) groups excluding carboxylic acids is 3. The molecule has 0 fully saturated rings. The molecule has 0 unspecified atom stereocenters. The van der Waals surface area contributed by atoms with E-state index >= 15 is 0 Å². The third-order valence-corrected chi connectivity index (χ3v) is 4.05. The highest BCUT2D eigenvalue weighted by atomic mass is 16.5. The van der Waals surface area contributed by atoms with E-state index < -0.39 is 0 Å². The van der Waals surface area contributed by atoms with Crippen molar-refractivity contribution in [3.8, 4) is 5.75 Å². The molecule has 0 aliphatic heterocycles. The van der Waals surface area contributed by atoms with Crippen LogP contribution in [0.5, 0.6) is 5.75 Å². The molecule has 7 nitrogen and oxygen atoms in total. The van der Waals surface area contributed by atoms with Crippen LogP contribution in [0, 0.1) is 0 Å². The number of benzene rings is 2. The van der Waals surface area contributed by atoms with E-state index in [1.165, 1.54) is 0 Å². The van der Waals surface area contributed by atoms with Crippen molar-refractivity contribution >= 4 is 23.4 Å². The van der Waals surface area contributed by atoms with Crippen LogP contribution in [0.25, 0.3) is 0 Å². The fourth-order valence-corrected chi connectivity index (χ4v) is 2.61. The minimum absolute atomic E-state index is 0.0183. The van der Waals surface area contributed by atoms with Crippen molar-refractivity contribution in [3.63, 3.8) is 0 Å². The van der Waals surface area contributed by atoms with Crippen molar-refractivity contribution < 1.29 is 19.1 Å². The molecule has 0 aliphatic carbocycles. The minimum atomic E-state index is -0.364. The Balaban J connectivity index is 1.78. The van der Waals surface area contributed by atoms with Gasteiger partial charge in [0.05, 0.1) is 18.7 Å². The van der Waals surface area contributed by atoms with Crippen LogP contribution in [0.4, 0.5) is 5.69 Å². The number of hydrogen-bond acceptors (Lipinski definition) is 4. The molecule has 0 radical (unpaired) electrons. The standard InChI is InChI=1S/C22H27N3O4/c1-3-7-20(26)25-17-12-10-16(11-13-17)14-23-21(27)15-24-22(28)18-8-5-6-9-19(18)29-4-2/h5-6,8-13H,3-4,7,14-15H2,1-2H3,(H,23,27)(H,24,28)(H,25,26). The molecular weight excluding hydrogens is 370 g/mol. The molecule has 0 atom stereocenters. The number of carbonyl (C=O) groups is 3. The summed E-state index contributed by atoms with van der Waals surface area (Å²) in [6.45, 7) is 4.43. The van der Waals surface area contributed by atoms with Crippen LogP contribution in [0.3, 0.4) is 0 Å². The van der Waals surface area contributed by atoms with E-state index in [4.69, 9.17) is 4.74 Å². The normalized spacial score (nSPS) is 10.1. The molecule has 0 bridgehead atoms. The predicted octanol–water partition coefficient (Wildman–Crippen LogP) is 2.87.